The second-order valence-corrected chi connectivity index (χ2v) is 8.39. The van der Waals surface area contributed by atoms with Crippen molar-refractivity contribution in [3.8, 4) is 0 Å². The van der Waals surface area contributed by atoms with Crippen LogP contribution in [0.1, 0.15) is 34.1 Å². The molecule has 3 N–H and O–H groups in total. The van der Waals surface area contributed by atoms with Crippen molar-refractivity contribution in [2.75, 3.05) is 39.0 Å². The first-order valence-electron chi connectivity index (χ1n) is 8.46. The molecular weight excluding hydrogens is 441 g/mol. The maximum atomic E-state index is 11.0. The summed E-state index contributed by atoms with van der Waals surface area (Å²) in [5.74, 6) is 1.39. The lowest BCUT2D eigenvalue weighted by molar-refractivity contribution is 0.265. The van der Waals surface area contributed by atoms with E-state index >= 15 is 0 Å². The van der Waals surface area contributed by atoms with E-state index in [0.717, 1.165) is 25.6 Å². The third-order valence-corrected chi connectivity index (χ3v) is 4.73. The van der Waals surface area contributed by atoms with Crippen LogP contribution in [0, 0.1) is 5.92 Å². The highest BCUT2D eigenvalue weighted by atomic mass is 127. The number of rotatable bonds is 8. The maximum absolute atomic E-state index is 11.0. The molecule has 1 fully saturated rings. The molecule has 0 amide bonds. The zero-order valence-electron chi connectivity index (χ0n) is 15.5. The van der Waals surface area contributed by atoms with Gasteiger partial charge in [0.05, 0.1) is 6.26 Å². The third-order valence-electron chi connectivity index (χ3n) is 4.01. The van der Waals surface area contributed by atoms with E-state index < -0.39 is 10.0 Å². The average molecular weight is 475 g/mol. The molecule has 144 valence electrons. The molecule has 24 heavy (non-hydrogen) atoms. The summed E-state index contributed by atoms with van der Waals surface area (Å²) >= 11 is 0. The van der Waals surface area contributed by atoms with Gasteiger partial charge in [-0.05, 0) is 33.1 Å². The number of halogens is 1. The molecule has 1 rings (SSSR count). The van der Waals surface area contributed by atoms with Crippen LogP contribution in [0.5, 0.6) is 0 Å². The molecule has 0 aliphatic carbocycles. The molecule has 0 radical (unpaired) electrons. The Kier molecular flexibility index (Phi) is 11.4. The normalized spacial score (nSPS) is 22.5. The lowest BCUT2D eigenvalue weighted by Gasteiger charge is -2.21. The Hall–Kier alpha value is -0.130. The first kappa shape index (κ1) is 23.9. The number of hydrogen-bond donors (Lipinski definition) is 3. The SMILES string of the molecule is CCNC(=NCCCNS(C)(=O)=O)NC1CN(C(C)C)CC1C.I. The van der Waals surface area contributed by atoms with Crippen LogP contribution in [-0.4, -0.2) is 70.3 Å². The third kappa shape index (κ3) is 9.38. The Labute approximate surface area is 164 Å². The number of nitrogens with zero attached hydrogens (tertiary/aromatic N) is 2. The molecular formula is C15H34IN5O2S. The summed E-state index contributed by atoms with van der Waals surface area (Å²) in [5.41, 5.74) is 0. The van der Waals surface area contributed by atoms with Gasteiger partial charge in [0.1, 0.15) is 0 Å². The summed E-state index contributed by atoms with van der Waals surface area (Å²) < 4.78 is 24.5. The Balaban J connectivity index is 0.00000529. The molecule has 0 aromatic carbocycles. The van der Waals surface area contributed by atoms with Crippen LogP contribution in [0.4, 0.5) is 0 Å². The zero-order chi connectivity index (χ0) is 17.5. The van der Waals surface area contributed by atoms with Crippen molar-refractivity contribution in [1.29, 1.82) is 0 Å². The fourth-order valence-electron chi connectivity index (χ4n) is 2.64. The zero-order valence-corrected chi connectivity index (χ0v) is 18.6. The molecule has 1 aliphatic rings. The Morgan fingerprint density at radius 2 is 2.00 bits per heavy atom. The summed E-state index contributed by atoms with van der Waals surface area (Å²) in [5, 5.41) is 6.78. The minimum Gasteiger partial charge on any atom is -0.357 e. The summed E-state index contributed by atoms with van der Waals surface area (Å²) in [6.45, 7) is 12.7. The van der Waals surface area contributed by atoms with Gasteiger partial charge in [-0.15, -0.1) is 24.0 Å². The first-order chi connectivity index (χ1) is 10.7. The van der Waals surface area contributed by atoms with Gasteiger partial charge in [0, 0.05) is 44.8 Å². The Bertz CT molecular complexity index is 484. The van der Waals surface area contributed by atoms with Gasteiger partial charge in [-0.25, -0.2) is 13.1 Å². The molecule has 1 heterocycles. The van der Waals surface area contributed by atoms with Crippen LogP contribution in [0.2, 0.25) is 0 Å². The average Bonchev–Trinajstić information content (AvgIpc) is 2.79. The van der Waals surface area contributed by atoms with Crippen LogP contribution < -0.4 is 15.4 Å². The van der Waals surface area contributed by atoms with E-state index in [2.05, 4.69) is 46.0 Å². The number of guanidine groups is 1. The monoisotopic (exact) mass is 475 g/mol. The molecule has 0 spiro atoms. The van der Waals surface area contributed by atoms with Gasteiger partial charge in [-0.3, -0.25) is 9.89 Å². The number of likely N-dealkylation sites (tertiary alicyclic amines) is 1. The predicted molar refractivity (Wildman–Crippen MR) is 112 cm³/mol. The quantitative estimate of drug-likeness (QED) is 0.210. The number of hydrogen-bond acceptors (Lipinski definition) is 4. The minimum absolute atomic E-state index is 0. The van der Waals surface area contributed by atoms with Gasteiger partial charge in [-0.2, -0.15) is 0 Å². The summed E-state index contributed by atoms with van der Waals surface area (Å²) in [7, 11) is -3.11. The molecule has 2 atom stereocenters. The van der Waals surface area contributed by atoms with Crippen molar-refractivity contribution >= 4 is 40.0 Å². The highest BCUT2D eigenvalue weighted by Gasteiger charge is 2.31. The topological polar surface area (TPSA) is 85.8 Å². The van der Waals surface area contributed by atoms with Gasteiger partial charge < -0.3 is 10.6 Å². The molecule has 9 heteroatoms. The van der Waals surface area contributed by atoms with E-state index in [4.69, 9.17) is 0 Å². The van der Waals surface area contributed by atoms with E-state index in [1.54, 1.807) is 0 Å². The smallest absolute Gasteiger partial charge is 0.208 e. The fraction of sp³-hybridized carbons (Fsp3) is 0.933. The number of nitrogens with one attached hydrogen (secondary N) is 3. The van der Waals surface area contributed by atoms with Gasteiger partial charge in [0.15, 0.2) is 5.96 Å². The van der Waals surface area contributed by atoms with Crippen LogP contribution >= 0.6 is 24.0 Å². The molecule has 0 saturated carbocycles. The van der Waals surface area contributed by atoms with Crippen molar-refractivity contribution in [2.24, 2.45) is 10.9 Å². The Morgan fingerprint density at radius 1 is 1.33 bits per heavy atom. The van der Waals surface area contributed by atoms with Crippen molar-refractivity contribution < 1.29 is 8.42 Å². The van der Waals surface area contributed by atoms with E-state index in [-0.39, 0.29) is 24.0 Å². The Morgan fingerprint density at radius 3 is 2.50 bits per heavy atom. The second-order valence-electron chi connectivity index (χ2n) is 6.56. The first-order valence-corrected chi connectivity index (χ1v) is 10.4. The standard InChI is InChI=1S/C15H33N5O2S.HI/c1-6-16-15(17-8-7-9-18-23(5,21)22)19-14-11-20(12(2)3)10-13(14)4;/h12-14,18H,6-11H2,1-5H3,(H2,16,17,19);1H. The number of aliphatic imine (C=N–C) groups is 1. The summed E-state index contributed by atoms with van der Waals surface area (Å²) in [6, 6.07) is 0.954. The van der Waals surface area contributed by atoms with Crippen molar-refractivity contribution in [3.63, 3.8) is 0 Å². The van der Waals surface area contributed by atoms with Crippen molar-refractivity contribution in [2.45, 2.75) is 46.2 Å². The molecule has 0 aromatic heterocycles. The molecule has 2 unspecified atom stereocenters. The summed E-state index contributed by atoms with van der Waals surface area (Å²) in [6.07, 6.45) is 1.85. The van der Waals surface area contributed by atoms with Gasteiger partial charge in [-0.1, -0.05) is 6.92 Å². The van der Waals surface area contributed by atoms with E-state index in [1.165, 1.54) is 6.26 Å². The number of sulfonamides is 1. The minimum atomic E-state index is -3.11. The van der Waals surface area contributed by atoms with Crippen LogP contribution in [0.3, 0.4) is 0 Å². The molecule has 0 aromatic rings. The molecule has 7 nitrogen and oxygen atoms in total. The fourth-order valence-corrected chi connectivity index (χ4v) is 3.15. The van der Waals surface area contributed by atoms with E-state index in [0.29, 0.717) is 37.5 Å². The van der Waals surface area contributed by atoms with Gasteiger partial charge in [0.25, 0.3) is 0 Å². The van der Waals surface area contributed by atoms with E-state index in [9.17, 15) is 8.42 Å². The van der Waals surface area contributed by atoms with Crippen LogP contribution in [0.25, 0.3) is 0 Å². The van der Waals surface area contributed by atoms with E-state index in [1.807, 2.05) is 6.92 Å². The van der Waals surface area contributed by atoms with Crippen molar-refractivity contribution in [3.05, 3.63) is 0 Å². The lowest BCUT2D eigenvalue weighted by atomic mass is 10.1. The molecule has 1 aliphatic heterocycles. The van der Waals surface area contributed by atoms with Crippen molar-refractivity contribution in [1.82, 2.24) is 20.3 Å². The molecule has 0 bridgehead atoms. The second kappa shape index (κ2) is 11.5. The highest BCUT2D eigenvalue weighted by molar-refractivity contribution is 14.0. The lowest BCUT2D eigenvalue weighted by Crippen LogP contribution is -2.47. The van der Waals surface area contributed by atoms with Crippen LogP contribution in [-0.2, 0) is 10.0 Å². The molecule has 1 saturated heterocycles. The van der Waals surface area contributed by atoms with Gasteiger partial charge >= 0.3 is 0 Å². The largest absolute Gasteiger partial charge is 0.357 e. The maximum Gasteiger partial charge on any atom is 0.208 e. The van der Waals surface area contributed by atoms with Crippen LogP contribution in [0.15, 0.2) is 4.99 Å². The predicted octanol–water partition coefficient (Wildman–Crippen LogP) is 0.828. The summed E-state index contributed by atoms with van der Waals surface area (Å²) in [4.78, 5) is 7.02. The van der Waals surface area contributed by atoms with Gasteiger partial charge in [0.2, 0.25) is 10.0 Å². The highest BCUT2D eigenvalue weighted by Crippen LogP contribution is 2.18.